The van der Waals surface area contributed by atoms with Gasteiger partial charge in [-0.05, 0) is 18.4 Å². The van der Waals surface area contributed by atoms with Crippen LogP contribution < -0.4 is 10.6 Å². The molecule has 0 aliphatic carbocycles. The molecule has 1 aliphatic heterocycles. The number of hydrogen-bond acceptors (Lipinski definition) is 5. The highest BCUT2D eigenvalue weighted by atomic mass is 35.5. The van der Waals surface area contributed by atoms with Gasteiger partial charge in [-0.1, -0.05) is 25.4 Å². The van der Waals surface area contributed by atoms with E-state index in [9.17, 15) is 4.79 Å². The number of hydrogen-bond donors (Lipinski definition) is 1. The van der Waals surface area contributed by atoms with E-state index in [0.29, 0.717) is 29.7 Å². The quantitative estimate of drug-likeness (QED) is 0.901. The Bertz CT molecular complexity index is 722. The Labute approximate surface area is 146 Å². The molecule has 1 atom stereocenters. The lowest BCUT2D eigenvalue weighted by Gasteiger charge is -2.36. The van der Waals surface area contributed by atoms with Crippen LogP contribution >= 0.6 is 11.6 Å². The van der Waals surface area contributed by atoms with Crippen molar-refractivity contribution in [2.75, 3.05) is 31.1 Å². The van der Waals surface area contributed by atoms with Crippen molar-refractivity contribution < 1.29 is 4.79 Å². The number of carbonyl (C=O) groups is 1. The average Bonchev–Trinajstić information content (AvgIpc) is 2.94. The predicted molar refractivity (Wildman–Crippen MR) is 94.2 cm³/mol. The van der Waals surface area contributed by atoms with Crippen molar-refractivity contribution in [3.8, 4) is 0 Å². The number of nitrogens with zero attached hydrogens (tertiary/aromatic N) is 5. The van der Waals surface area contributed by atoms with Gasteiger partial charge in [-0.15, -0.1) is 0 Å². The summed E-state index contributed by atoms with van der Waals surface area (Å²) in [7, 11) is 0. The van der Waals surface area contributed by atoms with Gasteiger partial charge in [0.1, 0.15) is 10.8 Å². The summed E-state index contributed by atoms with van der Waals surface area (Å²) in [6, 6.07) is 1.51. The van der Waals surface area contributed by atoms with E-state index < -0.39 is 6.04 Å². The standard InChI is InChI=1S/C16H23ClN6O/c1-11(2)9-13(18)16(24)22-7-5-21(6-8-22)14-3-4-23-15(20-14)12(17)10-19-23/h3-4,10-11,13H,5-9,18H2,1-2H3/t13-/m0/s1. The minimum absolute atomic E-state index is 0.0468. The van der Waals surface area contributed by atoms with Gasteiger partial charge in [0.15, 0.2) is 5.65 Å². The maximum atomic E-state index is 12.4. The van der Waals surface area contributed by atoms with Crippen molar-refractivity contribution in [3.05, 3.63) is 23.5 Å². The number of amides is 1. The number of nitrogens with two attached hydrogens (primary N) is 1. The lowest BCUT2D eigenvalue weighted by atomic mass is 10.0. The fourth-order valence-corrected chi connectivity index (χ4v) is 3.18. The van der Waals surface area contributed by atoms with Crippen molar-refractivity contribution in [2.45, 2.75) is 26.3 Å². The van der Waals surface area contributed by atoms with Gasteiger partial charge in [0.2, 0.25) is 5.91 Å². The van der Waals surface area contributed by atoms with Crippen LogP contribution in [0, 0.1) is 5.92 Å². The number of anilines is 1. The molecule has 0 radical (unpaired) electrons. The van der Waals surface area contributed by atoms with Crippen molar-refractivity contribution >= 4 is 29.0 Å². The maximum Gasteiger partial charge on any atom is 0.239 e. The summed E-state index contributed by atoms with van der Waals surface area (Å²) in [5.41, 5.74) is 6.67. The molecule has 0 bridgehead atoms. The Kier molecular flexibility index (Phi) is 4.91. The molecule has 0 saturated carbocycles. The first-order valence-corrected chi connectivity index (χ1v) is 8.62. The fourth-order valence-electron chi connectivity index (χ4n) is 3.01. The first kappa shape index (κ1) is 17.0. The van der Waals surface area contributed by atoms with Crippen LogP contribution in [0.5, 0.6) is 0 Å². The van der Waals surface area contributed by atoms with Crippen molar-refractivity contribution in [2.24, 2.45) is 11.7 Å². The van der Waals surface area contributed by atoms with Gasteiger partial charge in [0.25, 0.3) is 0 Å². The zero-order chi connectivity index (χ0) is 17.3. The van der Waals surface area contributed by atoms with Crippen molar-refractivity contribution in [3.63, 3.8) is 0 Å². The number of aromatic nitrogens is 3. The van der Waals surface area contributed by atoms with Crippen LogP contribution in [-0.4, -0.2) is 57.6 Å². The van der Waals surface area contributed by atoms with Gasteiger partial charge in [-0.25, -0.2) is 9.50 Å². The van der Waals surface area contributed by atoms with Gasteiger partial charge >= 0.3 is 0 Å². The van der Waals surface area contributed by atoms with E-state index in [0.717, 1.165) is 25.3 Å². The smallest absolute Gasteiger partial charge is 0.239 e. The second-order valence-electron chi connectivity index (χ2n) is 6.59. The first-order valence-electron chi connectivity index (χ1n) is 8.25. The Balaban J connectivity index is 1.63. The average molecular weight is 351 g/mol. The van der Waals surface area contributed by atoms with Crippen LogP contribution in [0.4, 0.5) is 5.82 Å². The SMILES string of the molecule is CC(C)C[C@H](N)C(=O)N1CCN(c2ccn3ncc(Cl)c3n2)CC1. The normalized spacial score (nSPS) is 16.9. The third-order valence-corrected chi connectivity index (χ3v) is 4.54. The summed E-state index contributed by atoms with van der Waals surface area (Å²) < 4.78 is 1.65. The Hall–Kier alpha value is -1.86. The number of halogens is 1. The summed E-state index contributed by atoms with van der Waals surface area (Å²) >= 11 is 6.09. The largest absolute Gasteiger partial charge is 0.353 e. The van der Waals surface area contributed by atoms with E-state index in [1.807, 2.05) is 17.2 Å². The molecule has 0 unspecified atom stereocenters. The molecule has 2 N–H and O–H groups in total. The topological polar surface area (TPSA) is 79.8 Å². The Morgan fingerprint density at radius 1 is 1.33 bits per heavy atom. The third-order valence-electron chi connectivity index (χ3n) is 4.27. The second-order valence-corrected chi connectivity index (χ2v) is 7.00. The highest BCUT2D eigenvalue weighted by Gasteiger charge is 2.26. The predicted octanol–water partition coefficient (Wildman–Crippen LogP) is 1.40. The molecule has 3 rings (SSSR count). The monoisotopic (exact) mass is 350 g/mol. The van der Waals surface area contributed by atoms with E-state index in [1.165, 1.54) is 0 Å². The van der Waals surface area contributed by atoms with Crippen molar-refractivity contribution in [1.29, 1.82) is 0 Å². The Morgan fingerprint density at radius 2 is 2.04 bits per heavy atom. The van der Waals surface area contributed by atoms with Crippen LogP contribution in [0.1, 0.15) is 20.3 Å². The van der Waals surface area contributed by atoms with Gasteiger partial charge in [-0.2, -0.15) is 5.10 Å². The number of carbonyl (C=O) groups excluding carboxylic acids is 1. The van der Waals surface area contributed by atoms with Crippen LogP contribution in [0.3, 0.4) is 0 Å². The third kappa shape index (κ3) is 3.47. The lowest BCUT2D eigenvalue weighted by Crippen LogP contribution is -2.53. The molecule has 0 aromatic carbocycles. The zero-order valence-corrected chi connectivity index (χ0v) is 14.8. The lowest BCUT2D eigenvalue weighted by molar-refractivity contribution is -0.133. The highest BCUT2D eigenvalue weighted by Crippen LogP contribution is 2.20. The van der Waals surface area contributed by atoms with Crippen molar-refractivity contribution in [1.82, 2.24) is 19.5 Å². The summed E-state index contributed by atoms with van der Waals surface area (Å²) in [6.07, 6.45) is 4.15. The van der Waals surface area contributed by atoms with E-state index >= 15 is 0 Å². The van der Waals surface area contributed by atoms with Crippen LogP contribution in [0.15, 0.2) is 18.5 Å². The summed E-state index contributed by atoms with van der Waals surface area (Å²) in [4.78, 5) is 21.0. The van der Waals surface area contributed by atoms with Crippen LogP contribution in [0.25, 0.3) is 5.65 Å². The summed E-state index contributed by atoms with van der Waals surface area (Å²) in [5, 5.41) is 4.65. The van der Waals surface area contributed by atoms with Crippen LogP contribution in [-0.2, 0) is 4.79 Å². The second kappa shape index (κ2) is 6.94. The fraction of sp³-hybridized carbons (Fsp3) is 0.562. The van der Waals surface area contributed by atoms with Crippen LogP contribution in [0.2, 0.25) is 5.02 Å². The molecule has 0 spiro atoms. The molecule has 8 heteroatoms. The molecular weight excluding hydrogens is 328 g/mol. The molecule has 2 aromatic heterocycles. The van der Waals surface area contributed by atoms with E-state index in [2.05, 4.69) is 28.8 Å². The first-order chi connectivity index (χ1) is 11.5. The number of piperazine rings is 1. The molecule has 2 aromatic rings. The minimum atomic E-state index is -0.406. The molecule has 24 heavy (non-hydrogen) atoms. The van der Waals surface area contributed by atoms with E-state index in [-0.39, 0.29) is 5.91 Å². The molecule has 1 amide bonds. The van der Waals surface area contributed by atoms with Gasteiger partial charge in [0.05, 0.1) is 12.2 Å². The van der Waals surface area contributed by atoms with Gasteiger partial charge in [0, 0.05) is 32.4 Å². The molecule has 3 heterocycles. The molecular formula is C16H23ClN6O. The van der Waals surface area contributed by atoms with E-state index in [4.69, 9.17) is 17.3 Å². The molecule has 1 aliphatic rings. The maximum absolute atomic E-state index is 12.4. The highest BCUT2D eigenvalue weighted by molar-refractivity contribution is 6.33. The minimum Gasteiger partial charge on any atom is -0.353 e. The van der Waals surface area contributed by atoms with E-state index in [1.54, 1.807) is 10.7 Å². The van der Waals surface area contributed by atoms with Gasteiger partial charge in [-0.3, -0.25) is 4.79 Å². The zero-order valence-electron chi connectivity index (χ0n) is 14.0. The summed E-state index contributed by atoms with van der Waals surface area (Å²) in [5.74, 6) is 1.32. The molecule has 1 saturated heterocycles. The Morgan fingerprint density at radius 3 is 2.71 bits per heavy atom. The molecule has 130 valence electrons. The molecule has 7 nitrogen and oxygen atoms in total. The van der Waals surface area contributed by atoms with Gasteiger partial charge < -0.3 is 15.5 Å². The number of fused-ring (bicyclic) bond motifs is 1. The number of rotatable bonds is 4. The summed E-state index contributed by atoms with van der Waals surface area (Å²) in [6.45, 7) is 6.93. The molecule has 1 fully saturated rings.